The van der Waals surface area contributed by atoms with Crippen molar-refractivity contribution in [1.82, 2.24) is 10.2 Å². The fraction of sp³-hybridized carbons (Fsp3) is 0.812. The molecule has 2 atom stereocenters. The van der Waals surface area contributed by atoms with Gasteiger partial charge in [0.15, 0.2) is 0 Å². The van der Waals surface area contributed by atoms with Crippen LogP contribution in [0.5, 0.6) is 0 Å². The van der Waals surface area contributed by atoms with Crippen LogP contribution in [0.1, 0.15) is 48.0 Å². The first-order chi connectivity index (χ1) is 10.8. The Kier molecular flexibility index (Phi) is 6.08. The number of likely N-dealkylation sites (tertiary alicyclic amines) is 1. The molecule has 0 saturated carbocycles. The van der Waals surface area contributed by atoms with Gasteiger partial charge in [-0.05, 0) is 41.5 Å². The third-order valence-corrected chi connectivity index (χ3v) is 3.23. The van der Waals surface area contributed by atoms with E-state index in [1.165, 1.54) is 4.90 Å². The molecule has 1 heterocycles. The van der Waals surface area contributed by atoms with E-state index in [9.17, 15) is 14.4 Å². The van der Waals surface area contributed by atoms with Crippen molar-refractivity contribution < 1.29 is 29.0 Å². The lowest BCUT2D eigenvalue weighted by Gasteiger charge is -2.25. The molecule has 0 radical (unpaired) electrons. The molecule has 1 aliphatic heterocycles. The van der Waals surface area contributed by atoms with Crippen LogP contribution in [0.15, 0.2) is 0 Å². The SMILES string of the molecule is CC(C)(C)OC(=O)NC1CN(C(=O)OC(C)(C)C)CC1CC(=O)O. The van der Waals surface area contributed by atoms with Crippen LogP contribution in [-0.4, -0.2) is 58.5 Å². The van der Waals surface area contributed by atoms with Gasteiger partial charge in [0.05, 0.1) is 12.5 Å². The number of hydrogen-bond acceptors (Lipinski definition) is 5. The Bertz CT molecular complexity index is 492. The minimum atomic E-state index is -0.984. The average Bonchev–Trinajstić information content (AvgIpc) is 2.66. The lowest BCUT2D eigenvalue weighted by atomic mass is 10.0. The van der Waals surface area contributed by atoms with E-state index >= 15 is 0 Å². The van der Waals surface area contributed by atoms with Crippen LogP contribution in [0.4, 0.5) is 9.59 Å². The third-order valence-electron chi connectivity index (χ3n) is 3.23. The summed E-state index contributed by atoms with van der Waals surface area (Å²) in [7, 11) is 0. The molecule has 0 spiro atoms. The van der Waals surface area contributed by atoms with E-state index in [-0.39, 0.29) is 19.5 Å². The Morgan fingerprint density at radius 3 is 2.04 bits per heavy atom. The molecule has 2 N–H and O–H groups in total. The Morgan fingerprint density at radius 2 is 1.58 bits per heavy atom. The summed E-state index contributed by atoms with van der Waals surface area (Å²) in [5, 5.41) is 11.7. The molecule has 0 bridgehead atoms. The first kappa shape index (κ1) is 20.1. The summed E-state index contributed by atoms with van der Waals surface area (Å²) in [6, 6.07) is -0.497. The maximum Gasteiger partial charge on any atom is 0.410 e. The van der Waals surface area contributed by atoms with E-state index in [0.717, 1.165) is 0 Å². The largest absolute Gasteiger partial charge is 0.481 e. The number of carbonyl (C=O) groups is 3. The van der Waals surface area contributed by atoms with Gasteiger partial charge in [-0.25, -0.2) is 9.59 Å². The predicted molar refractivity (Wildman–Crippen MR) is 86.7 cm³/mol. The van der Waals surface area contributed by atoms with Crippen molar-refractivity contribution in [2.45, 2.75) is 65.2 Å². The second-order valence-corrected chi connectivity index (χ2v) is 8.00. The fourth-order valence-electron chi connectivity index (χ4n) is 2.40. The number of ether oxygens (including phenoxy) is 2. The van der Waals surface area contributed by atoms with Crippen molar-refractivity contribution in [3.8, 4) is 0 Å². The smallest absolute Gasteiger partial charge is 0.410 e. The zero-order valence-corrected chi connectivity index (χ0v) is 15.2. The number of rotatable bonds is 3. The van der Waals surface area contributed by atoms with E-state index < -0.39 is 41.3 Å². The number of nitrogens with zero attached hydrogens (tertiary/aromatic N) is 1. The second-order valence-electron chi connectivity index (χ2n) is 8.00. The normalized spacial score (nSPS) is 21.3. The van der Waals surface area contributed by atoms with E-state index in [1.54, 1.807) is 41.5 Å². The summed E-state index contributed by atoms with van der Waals surface area (Å²) in [5.41, 5.74) is -1.30. The van der Waals surface area contributed by atoms with E-state index in [2.05, 4.69) is 5.32 Å². The number of hydrogen-bond donors (Lipinski definition) is 2. The van der Waals surface area contributed by atoms with Gasteiger partial charge in [-0.15, -0.1) is 0 Å². The van der Waals surface area contributed by atoms with Crippen molar-refractivity contribution >= 4 is 18.2 Å². The van der Waals surface area contributed by atoms with Crippen LogP contribution in [0.2, 0.25) is 0 Å². The van der Waals surface area contributed by atoms with Crippen molar-refractivity contribution in [3.05, 3.63) is 0 Å². The summed E-state index contributed by atoms with van der Waals surface area (Å²) in [5.74, 6) is -1.38. The molecule has 1 aliphatic rings. The van der Waals surface area contributed by atoms with Gasteiger partial charge in [0, 0.05) is 19.0 Å². The molecule has 8 heteroatoms. The third kappa shape index (κ3) is 7.06. The minimum absolute atomic E-state index is 0.153. The lowest BCUT2D eigenvalue weighted by Crippen LogP contribution is -2.44. The Morgan fingerprint density at radius 1 is 1.04 bits per heavy atom. The van der Waals surface area contributed by atoms with Crippen LogP contribution in [-0.2, 0) is 14.3 Å². The number of aliphatic carboxylic acids is 1. The molecule has 1 fully saturated rings. The van der Waals surface area contributed by atoms with Gasteiger partial charge >= 0.3 is 18.2 Å². The van der Waals surface area contributed by atoms with Crippen molar-refractivity contribution in [3.63, 3.8) is 0 Å². The molecular weight excluding hydrogens is 316 g/mol. The van der Waals surface area contributed by atoms with Gasteiger partial charge in [0.2, 0.25) is 0 Å². The summed E-state index contributed by atoms with van der Waals surface area (Å²) < 4.78 is 10.5. The maximum absolute atomic E-state index is 12.2. The minimum Gasteiger partial charge on any atom is -0.481 e. The average molecular weight is 344 g/mol. The van der Waals surface area contributed by atoms with Crippen LogP contribution >= 0.6 is 0 Å². The summed E-state index contributed by atoms with van der Waals surface area (Å²) in [4.78, 5) is 36.6. The first-order valence-electron chi connectivity index (χ1n) is 7.96. The highest BCUT2D eigenvalue weighted by Crippen LogP contribution is 2.23. The van der Waals surface area contributed by atoms with Gasteiger partial charge in [-0.3, -0.25) is 4.79 Å². The first-order valence-corrected chi connectivity index (χ1v) is 7.96. The molecular formula is C16H28N2O6. The number of nitrogens with one attached hydrogen (secondary N) is 1. The topological polar surface area (TPSA) is 105 Å². The fourth-order valence-corrected chi connectivity index (χ4v) is 2.40. The maximum atomic E-state index is 12.2. The summed E-state index contributed by atoms with van der Waals surface area (Å²) in [6.07, 6.45) is -1.31. The van der Waals surface area contributed by atoms with Crippen molar-refractivity contribution in [2.75, 3.05) is 13.1 Å². The molecule has 1 rings (SSSR count). The number of carbonyl (C=O) groups excluding carboxylic acids is 2. The standard InChI is InChI=1S/C16H28N2O6/c1-15(2,3)23-13(21)17-11-9-18(8-10(11)7-12(19)20)14(22)24-16(4,5)6/h10-11H,7-9H2,1-6H3,(H,17,21)(H,19,20). The van der Waals surface area contributed by atoms with Gasteiger partial charge in [-0.2, -0.15) is 0 Å². The molecule has 2 amide bonds. The van der Waals surface area contributed by atoms with Gasteiger partial charge in [0.1, 0.15) is 11.2 Å². The van der Waals surface area contributed by atoms with E-state index in [0.29, 0.717) is 0 Å². The van der Waals surface area contributed by atoms with E-state index in [4.69, 9.17) is 14.6 Å². The van der Waals surface area contributed by atoms with Crippen molar-refractivity contribution in [2.24, 2.45) is 5.92 Å². The molecule has 2 unspecified atom stereocenters. The zero-order chi connectivity index (χ0) is 18.7. The monoisotopic (exact) mass is 344 g/mol. The molecule has 1 saturated heterocycles. The van der Waals surface area contributed by atoms with E-state index in [1.807, 2.05) is 0 Å². The highest BCUT2D eigenvalue weighted by Gasteiger charge is 2.39. The Labute approximate surface area is 142 Å². The number of alkyl carbamates (subject to hydrolysis) is 1. The molecule has 0 aromatic rings. The van der Waals surface area contributed by atoms with Crippen LogP contribution in [0.25, 0.3) is 0 Å². The van der Waals surface area contributed by atoms with Gasteiger partial charge in [0.25, 0.3) is 0 Å². The molecule has 0 aromatic heterocycles. The van der Waals surface area contributed by atoms with Crippen LogP contribution in [0, 0.1) is 5.92 Å². The predicted octanol–water partition coefficient (Wildman–Crippen LogP) is 2.22. The Balaban J connectivity index is 2.75. The van der Waals surface area contributed by atoms with Gasteiger partial charge < -0.3 is 24.8 Å². The molecule has 0 aliphatic carbocycles. The van der Waals surface area contributed by atoms with Crippen LogP contribution in [0.3, 0.4) is 0 Å². The number of carboxylic acids is 1. The summed E-state index contributed by atoms with van der Waals surface area (Å²) in [6.45, 7) is 10.9. The second kappa shape index (κ2) is 7.27. The highest BCUT2D eigenvalue weighted by atomic mass is 16.6. The summed E-state index contributed by atoms with van der Waals surface area (Å²) >= 11 is 0. The van der Waals surface area contributed by atoms with Crippen LogP contribution < -0.4 is 5.32 Å². The number of amides is 2. The molecule has 24 heavy (non-hydrogen) atoms. The molecule has 8 nitrogen and oxygen atoms in total. The number of carboxylic acid groups (broad SMARTS) is 1. The molecule has 138 valence electrons. The van der Waals surface area contributed by atoms with Crippen molar-refractivity contribution in [1.29, 1.82) is 0 Å². The lowest BCUT2D eigenvalue weighted by molar-refractivity contribution is -0.138. The zero-order valence-electron chi connectivity index (χ0n) is 15.2. The van der Waals surface area contributed by atoms with Gasteiger partial charge in [-0.1, -0.05) is 0 Å². The highest BCUT2D eigenvalue weighted by molar-refractivity contribution is 5.72. The Hall–Kier alpha value is -1.99. The quantitative estimate of drug-likeness (QED) is 0.813. The molecule has 0 aromatic carbocycles.